The van der Waals surface area contributed by atoms with Crippen LogP contribution in [0.3, 0.4) is 0 Å². The number of ether oxygens (including phenoxy) is 1. The number of aryl methyl sites for hydroxylation is 1. The largest absolute Gasteiger partial charge is 0.378 e. The van der Waals surface area contributed by atoms with E-state index >= 15 is 0 Å². The predicted octanol–water partition coefficient (Wildman–Crippen LogP) is 0.817. The van der Waals surface area contributed by atoms with Crippen LogP contribution < -0.4 is 4.90 Å². The van der Waals surface area contributed by atoms with Crippen LogP contribution in [0, 0.1) is 0 Å². The summed E-state index contributed by atoms with van der Waals surface area (Å²) >= 11 is 0. The lowest BCUT2D eigenvalue weighted by Gasteiger charge is -2.33. The van der Waals surface area contributed by atoms with E-state index < -0.39 is 0 Å². The Labute approximate surface area is 140 Å². The minimum absolute atomic E-state index is 0.694. The van der Waals surface area contributed by atoms with Crippen LogP contribution in [0.25, 0.3) is 0 Å². The quantitative estimate of drug-likeness (QED) is 0.815. The van der Waals surface area contributed by atoms with Gasteiger partial charge in [-0.2, -0.15) is 4.98 Å². The lowest BCUT2D eigenvalue weighted by atomic mass is 10.1. The summed E-state index contributed by atoms with van der Waals surface area (Å²) < 4.78 is 10.7. The number of morpholine rings is 1. The Morgan fingerprint density at radius 3 is 2.83 bits per heavy atom. The zero-order chi connectivity index (χ0) is 16.4. The molecule has 0 radical (unpaired) electrons. The standard InChI is InChI=1S/C16H22N6O2/c1-2-15-19-14(20-24-15)10-21-4-3-13-12(9-21)16(18-11-17-13)22-5-7-23-8-6-22/h11H,2-10H2,1H3. The molecule has 0 saturated carbocycles. The van der Waals surface area contributed by atoms with Crippen molar-refractivity contribution in [3.05, 3.63) is 29.3 Å². The van der Waals surface area contributed by atoms with E-state index in [2.05, 4.69) is 29.9 Å². The Balaban J connectivity index is 1.52. The van der Waals surface area contributed by atoms with Crippen LogP contribution >= 0.6 is 0 Å². The zero-order valence-electron chi connectivity index (χ0n) is 13.9. The molecule has 0 unspecified atom stereocenters. The van der Waals surface area contributed by atoms with Crippen molar-refractivity contribution in [2.45, 2.75) is 32.9 Å². The van der Waals surface area contributed by atoms with Crippen molar-refractivity contribution >= 4 is 5.82 Å². The lowest BCUT2D eigenvalue weighted by Crippen LogP contribution is -2.39. The molecule has 2 aliphatic heterocycles. The van der Waals surface area contributed by atoms with E-state index in [9.17, 15) is 0 Å². The van der Waals surface area contributed by atoms with Gasteiger partial charge in [0, 0.05) is 44.6 Å². The van der Waals surface area contributed by atoms with Crippen molar-refractivity contribution < 1.29 is 9.26 Å². The summed E-state index contributed by atoms with van der Waals surface area (Å²) in [5.41, 5.74) is 2.38. The maximum atomic E-state index is 5.46. The van der Waals surface area contributed by atoms with Crippen molar-refractivity contribution in [2.24, 2.45) is 0 Å². The van der Waals surface area contributed by atoms with E-state index in [1.807, 2.05) is 6.92 Å². The molecule has 0 bridgehead atoms. The summed E-state index contributed by atoms with van der Waals surface area (Å²) in [6.45, 7) is 7.75. The molecule has 2 aromatic heterocycles. The fourth-order valence-electron chi connectivity index (χ4n) is 3.26. The van der Waals surface area contributed by atoms with Crippen LogP contribution in [0.4, 0.5) is 5.82 Å². The van der Waals surface area contributed by atoms with Gasteiger partial charge in [-0.25, -0.2) is 9.97 Å². The molecule has 24 heavy (non-hydrogen) atoms. The minimum Gasteiger partial charge on any atom is -0.378 e. The van der Waals surface area contributed by atoms with Crippen molar-refractivity contribution in [2.75, 3.05) is 37.7 Å². The van der Waals surface area contributed by atoms with Gasteiger partial charge in [0.2, 0.25) is 5.89 Å². The molecule has 0 atom stereocenters. The highest BCUT2D eigenvalue weighted by Crippen LogP contribution is 2.26. The third kappa shape index (κ3) is 3.11. The van der Waals surface area contributed by atoms with Gasteiger partial charge in [0.15, 0.2) is 5.82 Å². The van der Waals surface area contributed by atoms with Gasteiger partial charge in [-0.15, -0.1) is 0 Å². The number of fused-ring (bicyclic) bond motifs is 1. The first kappa shape index (κ1) is 15.5. The molecule has 4 rings (SSSR count). The molecule has 2 aromatic rings. The SMILES string of the molecule is CCc1nc(CN2CCc3ncnc(N4CCOCC4)c3C2)no1. The van der Waals surface area contributed by atoms with Gasteiger partial charge in [-0.1, -0.05) is 12.1 Å². The molecule has 0 spiro atoms. The van der Waals surface area contributed by atoms with Gasteiger partial charge in [0.05, 0.1) is 25.5 Å². The number of hydrogen-bond donors (Lipinski definition) is 0. The average Bonchev–Trinajstić information content (AvgIpc) is 3.09. The smallest absolute Gasteiger partial charge is 0.226 e. The Morgan fingerprint density at radius 1 is 1.17 bits per heavy atom. The fourth-order valence-corrected chi connectivity index (χ4v) is 3.26. The molecule has 0 aliphatic carbocycles. The second-order valence-electron chi connectivity index (χ2n) is 6.14. The fraction of sp³-hybridized carbons (Fsp3) is 0.625. The van der Waals surface area contributed by atoms with Crippen LogP contribution in [-0.2, 0) is 30.7 Å². The van der Waals surface area contributed by atoms with Crippen molar-refractivity contribution in [3.63, 3.8) is 0 Å². The number of rotatable bonds is 4. The monoisotopic (exact) mass is 330 g/mol. The number of nitrogens with zero attached hydrogens (tertiary/aromatic N) is 6. The Bertz CT molecular complexity index is 698. The Kier molecular flexibility index (Phi) is 4.40. The number of aromatic nitrogens is 4. The summed E-state index contributed by atoms with van der Waals surface area (Å²) in [7, 11) is 0. The zero-order valence-corrected chi connectivity index (χ0v) is 13.9. The first-order chi connectivity index (χ1) is 11.8. The highest BCUT2D eigenvalue weighted by molar-refractivity contribution is 5.49. The highest BCUT2D eigenvalue weighted by atomic mass is 16.5. The van der Waals surface area contributed by atoms with Gasteiger partial charge in [0.25, 0.3) is 0 Å². The van der Waals surface area contributed by atoms with E-state index in [-0.39, 0.29) is 0 Å². The van der Waals surface area contributed by atoms with Gasteiger partial charge in [-0.05, 0) is 0 Å². The summed E-state index contributed by atoms with van der Waals surface area (Å²) in [4.78, 5) is 18.1. The van der Waals surface area contributed by atoms with Crippen LogP contribution in [0.15, 0.2) is 10.9 Å². The third-order valence-corrected chi connectivity index (χ3v) is 4.55. The average molecular weight is 330 g/mol. The maximum Gasteiger partial charge on any atom is 0.226 e. The van der Waals surface area contributed by atoms with Crippen LogP contribution in [0.1, 0.15) is 29.9 Å². The molecule has 0 N–H and O–H groups in total. The van der Waals surface area contributed by atoms with Gasteiger partial charge in [0.1, 0.15) is 12.1 Å². The van der Waals surface area contributed by atoms with Gasteiger partial charge >= 0.3 is 0 Å². The highest BCUT2D eigenvalue weighted by Gasteiger charge is 2.25. The van der Waals surface area contributed by atoms with E-state index in [0.717, 1.165) is 69.6 Å². The Hall–Kier alpha value is -2.06. The molecule has 1 fully saturated rings. The van der Waals surface area contributed by atoms with Crippen molar-refractivity contribution in [1.29, 1.82) is 0 Å². The lowest BCUT2D eigenvalue weighted by molar-refractivity contribution is 0.122. The number of anilines is 1. The van der Waals surface area contributed by atoms with Gasteiger partial charge < -0.3 is 14.2 Å². The molecule has 128 valence electrons. The summed E-state index contributed by atoms with van der Waals surface area (Å²) in [5.74, 6) is 2.50. The minimum atomic E-state index is 0.694. The van der Waals surface area contributed by atoms with E-state index in [0.29, 0.717) is 12.4 Å². The predicted molar refractivity (Wildman–Crippen MR) is 86.6 cm³/mol. The van der Waals surface area contributed by atoms with E-state index in [1.54, 1.807) is 6.33 Å². The van der Waals surface area contributed by atoms with Crippen LogP contribution in [0.5, 0.6) is 0 Å². The second kappa shape index (κ2) is 6.82. The molecule has 1 saturated heterocycles. The molecule has 0 amide bonds. The molecule has 8 nitrogen and oxygen atoms in total. The van der Waals surface area contributed by atoms with Crippen LogP contribution in [0.2, 0.25) is 0 Å². The summed E-state index contributed by atoms with van der Waals surface area (Å²) in [6, 6.07) is 0. The van der Waals surface area contributed by atoms with Crippen molar-refractivity contribution in [1.82, 2.24) is 25.0 Å². The van der Waals surface area contributed by atoms with Crippen molar-refractivity contribution in [3.8, 4) is 0 Å². The first-order valence-corrected chi connectivity index (χ1v) is 8.52. The molecular formula is C16H22N6O2. The van der Waals surface area contributed by atoms with E-state index in [1.165, 1.54) is 5.56 Å². The number of hydrogen-bond acceptors (Lipinski definition) is 8. The molecule has 0 aromatic carbocycles. The second-order valence-corrected chi connectivity index (χ2v) is 6.14. The van der Waals surface area contributed by atoms with Gasteiger partial charge in [-0.3, -0.25) is 4.90 Å². The van der Waals surface area contributed by atoms with E-state index in [4.69, 9.17) is 9.26 Å². The third-order valence-electron chi connectivity index (χ3n) is 4.55. The normalized spacial score (nSPS) is 18.6. The first-order valence-electron chi connectivity index (χ1n) is 8.52. The summed E-state index contributed by atoms with van der Waals surface area (Å²) in [6.07, 6.45) is 3.38. The molecule has 2 aliphatic rings. The molecule has 8 heteroatoms. The maximum absolute atomic E-state index is 5.46. The molecular weight excluding hydrogens is 308 g/mol. The Morgan fingerprint density at radius 2 is 2.04 bits per heavy atom. The summed E-state index contributed by atoms with van der Waals surface area (Å²) in [5, 5.41) is 4.06. The topological polar surface area (TPSA) is 80.4 Å². The van der Waals surface area contributed by atoms with Crippen LogP contribution in [-0.4, -0.2) is 57.9 Å². The molecule has 4 heterocycles.